The highest BCUT2D eigenvalue weighted by Gasteiger charge is 2.17. The molecule has 0 saturated heterocycles. The van der Waals surface area contributed by atoms with E-state index in [1.807, 2.05) is 6.07 Å². The maximum Gasteiger partial charge on any atom is 0.347 e. The van der Waals surface area contributed by atoms with Crippen LogP contribution in [0.25, 0.3) is 5.69 Å². The summed E-state index contributed by atoms with van der Waals surface area (Å²) in [6.07, 6.45) is 2.45. The molecule has 0 aliphatic carbocycles. The number of aromatic nitrogens is 3. The molecule has 0 amide bonds. The monoisotopic (exact) mass is 286 g/mol. The number of nitrogens with two attached hydrogens (primary N) is 2. The van der Waals surface area contributed by atoms with Gasteiger partial charge in [0.25, 0.3) is 0 Å². The second-order valence-corrected chi connectivity index (χ2v) is 4.78. The topological polar surface area (TPSA) is 127 Å². The number of unbranched alkanes of at least 4 members (excludes halogenated alkanes) is 1. The highest BCUT2D eigenvalue weighted by Crippen LogP contribution is 2.17. The summed E-state index contributed by atoms with van der Waals surface area (Å²) >= 11 is 0. The molecule has 0 aliphatic heterocycles. The van der Waals surface area contributed by atoms with Gasteiger partial charge in [-0.05, 0) is 37.6 Å². The van der Waals surface area contributed by atoms with E-state index < -0.39 is 0 Å². The molecule has 0 aliphatic rings. The Bertz CT molecular complexity index is 696. The van der Waals surface area contributed by atoms with Gasteiger partial charge in [0.1, 0.15) is 0 Å². The molecule has 1 aromatic carbocycles. The lowest BCUT2D eigenvalue weighted by Crippen LogP contribution is -2.22. The van der Waals surface area contributed by atoms with Crippen LogP contribution in [0.1, 0.15) is 36.7 Å². The molecule has 21 heavy (non-hydrogen) atoms. The Morgan fingerprint density at radius 3 is 2.95 bits per heavy atom. The maximum atomic E-state index is 12.0. The zero-order valence-electron chi connectivity index (χ0n) is 11.6. The summed E-state index contributed by atoms with van der Waals surface area (Å²) in [6, 6.07) is 8.46. The summed E-state index contributed by atoms with van der Waals surface area (Å²) in [5.41, 5.74) is 12.3. The smallest absolute Gasteiger partial charge is 0.330 e. The number of benzene rings is 1. The Hall–Kier alpha value is -2.43. The van der Waals surface area contributed by atoms with E-state index in [9.17, 15) is 4.79 Å². The van der Waals surface area contributed by atoms with Gasteiger partial charge in [0.15, 0.2) is 5.82 Å². The Kier molecular flexibility index (Phi) is 4.87. The van der Waals surface area contributed by atoms with E-state index in [1.165, 1.54) is 4.57 Å². The van der Waals surface area contributed by atoms with Crippen molar-refractivity contribution < 1.29 is 0 Å². The van der Waals surface area contributed by atoms with Crippen LogP contribution >= 0.6 is 0 Å². The van der Waals surface area contributed by atoms with E-state index in [0.717, 1.165) is 12.8 Å². The van der Waals surface area contributed by atoms with Crippen LogP contribution in [0.15, 0.2) is 29.1 Å². The third-order valence-corrected chi connectivity index (χ3v) is 3.23. The number of rotatable bonds is 6. The van der Waals surface area contributed by atoms with Crippen LogP contribution in [0, 0.1) is 11.3 Å². The first-order valence-corrected chi connectivity index (χ1v) is 6.81. The molecule has 1 atom stereocenters. The number of nitrogens with one attached hydrogen (secondary N) is 1. The summed E-state index contributed by atoms with van der Waals surface area (Å²) in [4.78, 5) is 12.0. The van der Waals surface area contributed by atoms with Gasteiger partial charge in [0, 0.05) is 0 Å². The standard InChI is InChI=1S/C14H18N6O/c15-7-2-1-6-12(17)13-18-19-14(21)20(13)11-5-3-4-10(8-11)9-16/h3-5,8,12H,1-2,6-7,15,17H2,(H,19,21). The van der Waals surface area contributed by atoms with Crippen molar-refractivity contribution in [3.63, 3.8) is 0 Å². The Morgan fingerprint density at radius 1 is 1.43 bits per heavy atom. The van der Waals surface area contributed by atoms with Crippen LogP contribution in [-0.2, 0) is 0 Å². The van der Waals surface area contributed by atoms with Gasteiger partial charge in [-0.25, -0.2) is 14.5 Å². The summed E-state index contributed by atoms with van der Waals surface area (Å²) in [6.45, 7) is 0.615. The summed E-state index contributed by atoms with van der Waals surface area (Å²) in [7, 11) is 0. The van der Waals surface area contributed by atoms with E-state index in [-0.39, 0.29) is 11.7 Å². The maximum absolute atomic E-state index is 12.0. The van der Waals surface area contributed by atoms with Gasteiger partial charge in [-0.2, -0.15) is 10.4 Å². The molecule has 0 fully saturated rings. The summed E-state index contributed by atoms with van der Waals surface area (Å²) < 4.78 is 1.41. The number of H-pyrrole nitrogens is 1. The van der Waals surface area contributed by atoms with Crippen LogP contribution in [0.2, 0.25) is 0 Å². The van der Waals surface area contributed by atoms with E-state index >= 15 is 0 Å². The SMILES string of the molecule is N#Cc1cccc(-n2c(C(N)CCCCN)n[nH]c2=O)c1. The molecule has 1 aromatic heterocycles. The van der Waals surface area contributed by atoms with Crippen LogP contribution < -0.4 is 17.2 Å². The molecule has 2 rings (SSSR count). The number of nitriles is 1. The van der Waals surface area contributed by atoms with Crippen LogP contribution in [0.3, 0.4) is 0 Å². The Morgan fingerprint density at radius 2 is 2.24 bits per heavy atom. The fraction of sp³-hybridized carbons (Fsp3) is 0.357. The second kappa shape index (κ2) is 6.83. The molecule has 0 radical (unpaired) electrons. The zero-order chi connectivity index (χ0) is 15.2. The van der Waals surface area contributed by atoms with Gasteiger partial charge in [-0.1, -0.05) is 12.5 Å². The van der Waals surface area contributed by atoms with Gasteiger partial charge in [0.05, 0.1) is 23.4 Å². The molecule has 7 nitrogen and oxygen atoms in total. The lowest BCUT2D eigenvalue weighted by molar-refractivity contribution is 0.557. The van der Waals surface area contributed by atoms with E-state index in [0.29, 0.717) is 30.0 Å². The highest BCUT2D eigenvalue weighted by atomic mass is 16.1. The molecule has 1 unspecified atom stereocenters. The average Bonchev–Trinajstić information content (AvgIpc) is 2.89. The number of hydrogen-bond donors (Lipinski definition) is 3. The molecule has 110 valence electrons. The van der Waals surface area contributed by atoms with E-state index in [4.69, 9.17) is 16.7 Å². The predicted octanol–water partition coefficient (Wildman–Crippen LogP) is 0.561. The van der Waals surface area contributed by atoms with Crippen molar-refractivity contribution >= 4 is 0 Å². The average molecular weight is 286 g/mol. The molecule has 7 heteroatoms. The first kappa shape index (κ1) is 15.0. The molecule has 1 heterocycles. The quantitative estimate of drug-likeness (QED) is 0.669. The molecule has 2 aromatic rings. The molecule has 0 spiro atoms. The molecular formula is C14H18N6O. The number of hydrogen-bond acceptors (Lipinski definition) is 5. The summed E-state index contributed by atoms with van der Waals surface area (Å²) in [5.74, 6) is 0.465. The van der Waals surface area contributed by atoms with Crippen LogP contribution in [0.5, 0.6) is 0 Å². The largest absolute Gasteiger partial charge is 0.347 e. The van der Waals surface area contributed by atoms with Crippen molar-refractivity contribution in [1.29, 1.82) is 5.26 Å². The van der Waals surface area contributed by atoms with Gasteiger partial charge < -0.3 is 11.5 Å². The molecular weight excluding hydrogens is 268 g/mol. The molecule has 0 bridgehead atoms. The molecule has 5 N–H and O–H groups in total. The van der Waals surface area contributed by atoms with Crippen molar-refractivity contribution in [2.75, 3.05) is 6.54 Å². The van der Waals surface area contributed by atoms with E-state index in [2.05, 4.69) is 10.2 Å². The van der Waals surface area contributed by atoms with Crippen molar-refractivity contribution in [1.82, 2.24) is 14.8 Å². The van der Waals surface area contributed by atoms with Gasteiger partial charge in [-0.15, -0.1) is 0 Å². The zero-order valence-corrected chi connectivity index (χ0v) is 11.6. The van der Waals surface area contributed by atoms with E-state index in [1.54, 1.807) is 24.3 Å². The minimum absolute atomic E-state index is 0.360. The van der Waals surface area contributed by atoms with Crippen molar-refractivity contribution in [3.05, 3.63) is 46.1 Å². The minimum Gasteiger partial charge on any atom is -0.330 e. The lowest BCUT2D eigenvalue weighted by Gasteiger charge is -2.12. The normalized spacial score (nSPS) is 12.0. The van der Waals surface area contributed by atoms with Gasteiger partial charge >= 0.3 is 5.69 Å². The second-order valence-electron chi connectivity index (χ2n) is 4.78. The predicted molar refractivity (Wildman–Crippen MR) is 78.7 cm³/mol. The minimum atomic E-state index is -0.366. The van der Waals surface area contributed by atoms with Crippen molar-refractivity contribution in [2.45, 2.75) is 25.3 Å². The Labute approximate surface area is 122 Å². The fourth-order valence-electron chi connectivity index (χ4n) is 2.16. The third-order valence-electron chi connectivity index (χ3n) is 3.23. The first-order valence-electron chi connectivity index (χ1n) is 6.81. The van der Waals surface area contributed by atoms with Crippen molar-refractivity contribution in [2.24, 2.45) is 11.5 Å². The summed E-state index contributed by atoms with van der Waals surface area (Å²) in [5, 5.41) is 15.4. The van der Waals surface area contributed by atoms with Crippen molar-refractivity contribution in [3.8, 4) is 11.8 Å². The van der Waals surface area contributed by atoms with Gasteiger partial charge in [0.2, 0.25) is 0 Å². The third kappa shape index (κ3) is 3.37. The fourth-order valence-corrected chi connectivity index (χ4v) is 2.16. The number of nitrogens with zero attached hydrogens (tertiary/aromatic N) is 3. The molecule has 0 saturated carbocycles. The lowest BCUT2D eigenvalue weighted by atomic mass is 10.1. The highest BCUT2D eigenvalue weighted by molar-refractivity contribution is 5.41. The van der Waals surface area contributed by atoms with Crippen LogP contribution in [0.4, 0.5) is 0 Å². The van der Waals surface area contributed by atoms with Crippen LogP contribution in [-0.4, -0.2) is 21.3 Å². The first-order chi connectivity index (χ1) is 10.2. The Balaban J connectivity index is 2.34. The van der Waals surface area contributed by atoms with Gasteiger partial charge in [-0.3, -0.25) is 0 Å². The number of aromatic amines is 1.